The molecule has 1 N–H and O–H groups in total. The van der Waals surface area contributed by atoms with Crippen LogP contribution in [0.15, 0.2) is 18.2 Å². The van der Waals surface area contributed by atoms with E-state index in [-0.39, 0.29) is 11.1 Å². The lowest BCUT2D eigenvalue weighted by Crippen LogP contribution is -2.21. The third kappa shape index (κ3) is 1.85. The highest BCUT2D eigenvalue weighted by Gasteiger charge is 2.35. The number of nitrogens with one attached hydrogen (secondary N) is 1. The molecule has 2 amide bonds. The molecule has 1 aromatic rings. The molecule has 94 valence electrons. The second kappa shape index (κ2) is 4.56. The Kier molecular flexibility index (Phi) is 3.10. The number of benzene rings is 1. The summed E-state index contributed by atoms with van der Waals surface area (Å²) in [5.41, 5.74) is 0.695. The van der Waals surface area contributed by atoms with Crippen LogP contribution in [0, 0.1) is 10.1 Å². The predicted octanol–water partition coefficient (Wildman–Crippen LogP) is 1.69. The van der Waals surface area contributed by atoms with Crippen molar-refractivity contribution in [2.24, 2.45) is 0 Å². The molecule has 1 unspecified atom stereocenters. The van der Waals surface area contributed by atoms with Crippen molar-refractivity contribution in [1.29, 1.82) is 0 Å². The fourth-order valence-electron chi connectivity index (χ4n) is 2.17. The molecular weight excluding hydrogens is 236 g/mol. The zero-order valence-corrected chi connectivity index (χ0v) is 9.80. The van der Waals surface area contributed by atoms with Gasteiger partial charge in [0.1, 0.15) is 0 Å². The number of amides is 2. The first kappa shape index (κ1) is 12.2. The Hall–Kier alpha value is -2.24. The average molecular weight is 248 g/mol. The minimum atomic E-state index is -0.943. The van der Waals surface area contributed by atoms with E-state index < -0.39 is 22.8 Å². The molecule has 0 spiro atoms. The van der Waals surface area contributed by atoms with Crippen molar-refractivity contribution in [3.63, 3.8) is 0 Å². The molecule has 0 saturated carbocycles. The van der Waals surface area contributed by atoms with Crippen molar-refractivity contribution in [2.75, 3.05) is 0 Å². The van der Waals surface area contributed by atoms with Crippen LogP contribution in [0.2, 0.25) is 0 Å². The Labute approximate surface area is 103 Å². The Morgan fingerprint density at radius 1 is 1.33 bits per heavy atom. The number of nitrogens with zero attached hydrogens (tertiary/aromatic N) is 1. The maximum Gasteiger partial charge on any atom is 0.259 e. The van der Waals surface area contributed by atoms with Crippen molar-refractivity contribution in [3.8, 4) is 0 Å². The number of hydrogen-bond donors (Lipinski definition) is 1. The van der Waals surface area contributed by atoms with E-state index in [1.807, 2.05) is 6.92 Å². The number of carbonyl (C=O) groups is 2. The maximum absolute atomic E-state index is 11.7. The molecule has 0 fully saturated rings. The molecule has 0 bridgehead atoms. The molecule has 18 heavy (non-hydrogen) atoms. The van der Waals surface area contributed by atoms with Crippen LogP contribution in [-0.2, 0) is 0 Å². The van der Waals surface area contributed by atoms with Gasteiger partial charge in [0.25, 0.3) is 11.8 Å². The van der Waals surface area contributed by atoms with Gasteiger partial charge in [0.2, 0.25) is 6.04 Å². The molecule has 1 aliphatic rings. The summed E-state index contributed by atoms with van der Waals surface area (Å²) in [7, 11) is 0. The molecule has 0 saturated heterocycles. The summed E-state index contributed by atoms with van der Waals surface area (Å²) in [6, 6.07) is 3.67. The summed E-state index contributed by atoms with van der Waals surface area (Å²) in [4.78, 5) is 33.8. The van der Waals surface area contributed by atoms with Gasteiger partial charge in [0.05, 0.1) is 11.1 Å². The Bertz CT molecular complexity index is 539. The highest BCUT2D eigenvalue weighted by Crippen LogP contribution is 2.29. The van der Waals surface area contributed by atoms with E-state index in [9.17, 15) is 19.7 Å². The van der Waals surface area contributed by atoms with Crippen LogP contribution in [0.1, 0.15) is 52.1 Å². The number of fused-ring (bicyclic) bond motifs is 1. The van der Waals surface area contributed by atoms with Crippen molar-refractivity contribution < 1.29 is 14.5 Å². The highest BCUT2D eigenvalue weighted by molar-refractivity contribution is 6.22. The van der Waals surface area contributed by atoms with Crippen molar-refractivity contribution in [2.45, 2.75) is 25.8 Å². The number of imide groups is 1. The van der Waals surface area contributed by atoms with Crippen LogP contribution in [0.4, 0.5) is 0 Å². The van der Waals surface area contributed by atoms with Crippen LogP contribution in [0.5, 0.6) is 0 Å². The van der Waals surface area contributed by atoms with Gasteiger partial charge in [-0.25, -0.2) is 0 Å². The van der Waals surface area contributed by atoms with Crippen LogP contribution < -0.4 is 5.32 Å². The van der Waals surface area contributed by atoms with Crippen molar-refractivity contribution >= 4 is 11.8 Å². The molecule has 6 nitrogen and oxygen atoms in total. The SMILES string of the molecule is CCCC(c1cccc2c1C(=O)NC2=O)[N+](=O)[O-]. The molecule has 0 radical (unpaired) electrons. The lowest BCUT2D eigenvalue weighted by Gasteiger charge is -2.11. The summed E-state index contributed by atoms with van der Waals surface area (Å²) >= 11 is 0. The lowest BCUT2D eigenvalue weighted by atomic mass is 9.95. The van der Waals surface area contributed by atoms with E-state index in [0.29, 0.717) is 18.4 Å². The van der Waals surface area contributed by atoms with Crippen LogP contribution in [0.25, 0.3) is 0 Å². The first-order valence-corrected chi connectivity index (χ1v) is 5.68. The summed E-state index contributed by atoms with van der Waals surface area (Å²) in [6.07, 6.45) is 0.968. The molecule has 1 aromatic carbocycles. The van der Waals surface area contributed by atoms with Crippen LogP contribution >= 0.6 is 0 Å². The van der Waals surface area contributed by atoms with E-state index in [4.69, 9.17) is 0 Å². The van der Waals surface area contributed by atoms with Gasteiger partial charge >= 0.3 is 0 Å². The van der Waals surface area contributed by atoms with Gasteiger partial charge in [-0.15, -0.1) is 0 Å². The van der Waals surface area contributed by atoms with Gasteiger partial charge in [-0.3, -0.25) is 25.0 Å². The van der Waals surface area contributed by atoms with E-state index in [0.717, 1.165) is 0 Å². The Balaban J connectivity index is 2.55. The lowest BCUT2D eigenvalue weighted by molar-refractivity contribution is -0.530. The summed E-state index contributed by atoms with van der Waals surface area (Å²) in [6.45, 7) is 1.84. The highest BCUT2D eigenvalue weighted by atomic mass is 16.6. The third-order valence-electron chi connectivity index (χ3n) is 2.97. The van der Waals surface area contributed by atoms with Crippen LogP contribution in [-0.4, -0.2) is 16.7 Å². The zero-order chi connectivity index (χ0) is 13.3. The predicted molar refractivity (Wildman–Crippen MR) is 62.9 cm³/mol. The Morgan fingerprint density at radius 2 is 2.06 bits per heavy atom. The molecule has 2 rings (SSSR count). The molecule has 6 heteroatoms. The van der Waals surface area contributed by atoms with Gasteiger partial charge in [-0.1, -0.05) is 19.1 Å². The topological polar surface area (TPSA) is 89.3 Å². The number of nitro groups is 1. The summed E-state index contributed by atoms with van der Waals surface area (Å²) in [5, 5.41) is 13.2. The molecule has 1 atom stereocenters. The van der Waals surface area contributed by atoms with E-state index >= 15 is 0 Å². The van der Waals surface area contributed by atoms with Gasteiger partial charge in [-0.2, -0.15) is 0 Å². The smallest absolute Gasteiger partial charge is 0.259 e. The summed E-state index contributed by atoms with van der Waals surface area (Å²) < 4.78 is 0. The molecule has 1 aliphatic heterocycles. The normalized spacial score (nSPS) is 15.2. The second-order valence-electron chi connectivity index (χ2n) is 4.14. The molecule has 1 heterocycles. The first-order chi connectivity index (χ1) is 8.56. The monoisotopic (exact) mass is 248 g/mol. The molecule has 0 aliphatic carbocycles. The van der Waals surface area contributed by atoms with Crippen molar-refractivity contribution in [1.82, 2.24) is 5.32 Å². The largest absolute Gasteiger partial charge is 0.288 e. The van der Waals surface area contributed by atoms with Gasteiger partial charge < -0.3 is 0 Å². The number of hydrogen-bond acceptors (Lipinski definition) is 4. The molecular formula is C12H12N2O4. The minimum absolute atomic E-state index is 0.151. The van der Waals surface area contributed by atoms with E-state index in [2.05, 4.69) is 5.32 Å². The Morgan fingerprint density at radius 3 is 2.67 bits per heavy atom. The fraction of sp³-hybridized carbons (Fsp3) is 0.333. The average Bonchev–Trinajstić information content (AvgIpc) is 2.62. The van der Waals surface area contributed by atoms with Gasteiger partial charge in [-0.05, 0) is 12.5 Å². The minimum Gasteiger partial charge on any atom is -0.288 e. The quantitative estimate of drug-likeness (QED) is 0.498. The van der Waals surface area contributed by atoms with Crippen LogP contribution in [0.3, 0.4) is 0 Å². The second-order valence-corrected chi connectivity index (χ2v) is 4.14. The first-order valence-electron chi connectivity index (χ1n) is 5.68. The number of rotatable bonds is 4. The number of carbonyl (C=O) groups excluding carboxylic acids is 2. The fourth-order valence-corrected chi connectivity index (χ4v) is 2.17. The van der Waals surface area contributed by atoms with Crippen molar-refractivity contribution in [3.05, 3.63) is 45.0 Å². The molecule has 0 aromatic heterocycles. The van der Waals surface area contributed by atoms with E-state index in [1.54, 1.807) is 12.1 Å². The zero-order valence-electron chi connectivity index (χ0n) is 9.80. The maximum atomic E-state index is 11.7. The summed E-state index contributed by atoms with van der Waals surface area (Å²) in [5.74, 6) is -1.04. The van der Waals surface area contributed by atoms with Gasteiger partial charge in [0, 0.05) is 16.9 Å². The standard InChI is InChI=1S/C12H12N2O4/c1-2-4-9(14(17)18)7-5-3-6-8-10(7)12(16)13-11(8)15/h3,5-6,9H,2,4H2,1H3,(H,13,15,16). The van der Waals surface area contributed by atoms with E-state index in [1.165, 1.54) is 6.07 Å². The third-order valence-corrected chi connectivity index (χ3v) is 2.97. The van der Waals surface area contributed by atoms with Gasteiger partial charge in [0.15, 0.2) is 0 Å².